The van der Waals surface area contributed by atoms with Crippen LogP contribution in [0.5, 0.6) is 5.88 Å². The van der Waals surface area contributed by atoms with Gasteiger partial charge in [-0.15, -0.1) is 0 Å². The molecule has 1 fully saturated rings. The topological polar surface area (TPSA) is 72.3 Å². The lowest BCUT2D eigenvalue weighted by molar-refractivity contribution is -0.119. The van der Waals surface area contributed by atoms with E-state index in [1.54, 1.807) is 4.68 Å². The van der Waals surface area contributed by atoms with Gasteiger partial charge in [0.15, 0.2) is 0 Å². The highest BCUT2D eigenvalue weighted by Crippen LogP contribution is 2.32. The number of carbonyl (C=O) groups is 1. The maximum Gasteiger partial charge on any atom is 0.225 e. The Morgan fingerprint density at radius 3 is 2.74 bits per heavy atom. The van der Waals surface area contributed by atoms with Crippen molar-refractivity contribution in [2.24, 2.45) is 13.0 Å². The second-order valence-electron chi connectivity index (χ2n) is 8.93. The summed E-state index contributed by atoms with van der Waals surface area (Å²) < 4.78 is 8.11. The fourth-order valence-electron chi connectivity index (χ4n) is 4.57. The van der Waals surface area contributed by atoms with Crippen LogP contribution >= 0.6 is 0 Å². The number of amides is 1. The quantitative estimate of drug-likeness (QED) is 0.704. The fourth-order valence-corrected chi connectivity index (χ4v) is 4.57. The summed E-state index contributed by atoms with van der Waals surface area (Å²) in [5, 5.41) is 8.40. The molecule has 0 radical (unpaired) electrons. The van der Waals surface area contributed by atoms with E-state index in [-0.39, 0.29) is 17.9 Å². The number of aromatic nitrogens is 3. The minimum absolute atomic E-state index is 0.0873. The SMILES string of the molecule is C[C@@H](Oc1nc(-c2ccc3c(c2)CCN(C)CC3)cc2nn(C)cc12)C1CNC(=O)C1. The maximum atomic E-state index is 11.6. The molecule has 7 heteroatoms. The predicted molar refractivity (Wildman–Crippen MR) is 120 cm³/mol. The standard InChI is InChI=1S/C24H29N5O2/c1-15(19-11-23(30)25-13-19)31-24-20-14-29(3)27-22(20)12-21(26-24)18-5-4-16-6-8-28(2)9-7-17(16)10-18/h4-5,10,12,14-15,19H,6-9,11,13H2,1-3H3,(H,25,30)/t15-,19?/m1/s1. The Bertz CT molecular complexity index is 1140. The lowest BCUT2D eigenvalue weighted by atomic mass is 9.98. The van der Waals surface area contributed by atoms with Crippen molar-refractivity contribution < 1.29 is 9.53 Å². The summed E-state index contributed by atoms with van der Waals surface area (Å²) in [5.74, 6) is 0.820. The monoisotopic (exact) mass is 419 g/mol. The number of pyridine rings is 1. The first-order chi connectivity index (χ1) is 15.0. The Balaban J connectivity index is 1.50. The van der Waals surface area contributed by atoms with Crippen LogP contribution in [-0.2, 0) is 24.7 Å². The van der Waals surface area contributed by atoms with Gasteiger partial charge in [-0.25, -0.2) is 4.98 Å². The van der Waals surface area contributed by atoms with Crippen LogP contribution < -0.4 is 10.1 Å². The van der Waals surface area contributed by atoms with Crippen molar-refractivity contribution in [3.05, 3.63) is 41.6 Å². The van der Waals surface area contributed by atoms with Crippen LogP contribution in [0.1, 0.15) is 24.5 Å². The molecule has 1 unspecified atom stereocenters. The number of aryl methyl sites for hydroxylation is 1. The zero-order chi connectivity index (χ0) is 21.5. The molecule has 0 saturated carbocycles. The molecule has 0 spiro atoms. The van der Waals surface area contributed by atoms with Gasteiger partial charge < -0.3 is 15.0 Å². The van der Waals surface area contributed by atoms with Crippen molar-refractivity contribution >= 4 is 16.8 Å². The largest absolute Gasteiger partial charge is 0.474 e. The van der Waals surface area contributed by atoms with E-state index >= 15 is 0 Å². The number of likely N-dealkylation sites (N-methyl/N-ethyl adjacent to an activating group) is 1. The molecule has 5 rings (SSSR count). The summed E-state index contributed by atoms with van der Waals surface area (Å²) in [6.45, 7) is 4.83. The van der Waals surface area contributed by atoms with Gasteiger partial charge in [-0.1, -0.05) is 12.1 Å². The van der Waals surface area contributed by atoms with E-state index in [1.165, 1.54) is 11.1 Å². The Kier molecular flexibility index (Phi) is 5.14. The van der Waals surface area contributed by atoms with Crippen LogP contribution in [0.4, 0.5) is 0 Å². The fraction of sp³-hybridized carbons (Fsp3) is 0.458. The first kappa shape index (κ1) is 20.0. The summed E-state index contributed by atoms with van der Waals surface area (Å²) in [6.07, 6.45) is 4.45. The van der Waals surface area contributed by atoms with Gasteiger partial charge in [-0.05, 0) is 50.1 Å². The van der Waals surface area contributed by atoms with Crippen LogP contribution in [0.3, 0.4) is 0 Å². The second-order valence-corrected chi connectivity index (χ2v) is 8.93. The number of hydrogen-bond donors (Lipinski definition) is 1. The molecular formula is C24H29N5O2. The molecule has 1 N–H and O–H groups in total. The van der Waals surface area contributed by atoms with Crippen molar-refractivity contribution in [3.63, 3.8) is 0 Å². The van der Waals surface area contributed by atoms with E-state index in [1.807, 2.05) is 26.2 Å². The molecule has 7 nitrogen and oxygen atoms in total. The number of fused-ring (bicyclic) bond motifs is 2. The van der Waals surface area contributed by atoms with Crippen LogP contribution in [0.25, 0.3) is 22.2 Å². The average Bonchev–Trinajstić information content (AvgIpc) is 3.30. The molecule has 1 amide bonds. The average molecular weight is 420 g/mol. The van der Waals surface area contributed by atoms with E-state index in [2.05, 4.69) is 40.6 Å². The molecule has 0 aliphatic carbocycles. The molecule has 2 atom stereocenters. The van der Waals surface area contributed by atoms with Gasteiger partial charge in [0.1, 0.15) is 6.10 Å². The van der Waals surface area contributed by atoms with E-state index in [4.69, 9.17) is 9.72 Å². The molecule has 0 bridgehead atoms. The smallest absolute Gasteiger partial charge is 0.225 e. The zero-order valence-electron chi connectivity index (χ0n) is 18.4. The molecule has 2 aliphatic heterocycles. The highest BCUT2D eigenvalue weighted by Gasteiger charge is 2.29. The molecule has 2 aliphatic rings. The third kappa shape index (κ3) is 4.02. The first-order valence-electron chi connectivity index (χ1n) is 11.0. The number of hydrogen-bond acceptors (Lipinski definition) is 5. The molecule has 1 saturated heterocycles. The molecule has 3 aromatic rings. The van der Waals surface area contributed by atoms with Crippen LogP contribution in [0.15, 0.2) is 30.5 Å². The highest BCUT2D eigenvalue weighted by molar-refractivity contribution is 5.87. The third-order valence-corrected chi connectivity index (χ3v) is 6.58. The predicted octanol–water partition coefficient (Wildman–Crippen LogP) is 2.57. The van der Waals surface area contributed by atoms with E-state index in [0.29, 0.717) is 18.8 Å². The zero-order valence-corrected chi connectivity index (χ0v) is 18.4. The number of ether oxygens (including phenoxy) is 1. The molecule has 1 aromatic carbocycles. The van der Waals surface area contributed by atoms with Crippen molar-refractivity contribution in [2.75, 3.05) is 26.7 Å². The lowest BCUT2D eigenvalue weighted by Crippen LogP contribution is -2.26. The van der Waals surface area contributed by atoms with Gasteiger partial charge in [-0.2, -0.15) is 5.10 Å². The summed E-state index contributed by atoms with van der Waals surface area (Å²) in [7, 11) is 4.09. The van der Waals surface area contributed by atoms with Crippen LogP contribution in [0, 0.1) is 5.92 Å². The number of nitrogens with one attached hydrogen (secondary N) is 1. The molecule has 2 aromatic heterocycles. The normalized spacial score (nSPS) is 20.4. The van der Waals surface area contributed by atoms with Gasteiger partial charge in [0.05, 0.1) is 16.6 Å². The Morgan fingerprint density at radius 2 is 1.97 bits per heavy atom. The van der Waals surface area contributed by atoms with Gasteiger partial charge >= 0.3 is 0 Å². The number of benzene rings is 1. The molecular weight excluding hydrogens is 390 g/mol. The van der Waals surface area contributed by atoms with E-state index < -0.39 is 0 Å². The number of rotatable bonds is 4. The van der Waals surface area contributed by atoms with Gasteiger partial charge in [0.25, 0.3) is 0 Å². The van der Waals surface area contributed by atoms with Crippen molar-refractivity contribution in [3.8, 4) is 17.1 Å². The van der Waals surface area contributed by atoms with Gasteiger partial charge in [0, 0.05) is 50.8 Å². The summed E-state index contributed by atoms with van der Waals surface area (Å²) in [6, 6.07) is 8.72. The number of nitrogens with zero attached hydrogens (tertiary/aromatic N) is 4. The molecule has 162 valence electrons. The van der Waals surface area contributed by atoms with Crippen molar-refractivity contribution in [1.29, 1.82) is 0 Å². The molecule has 31 heavy (non-hydrogen) atoms. The maximum absolute atomic E-state index is 11.6. The van der Waals surface area contributed by atoms with Crippen LogP contribution in [0.2, 0.25) is 0 Å². The number of carbonyl (C=O) groups excluding carboxylic acids is 1. The van der Waals surface area contributed by atoms with E-state index in [9.17, 15) is 4.79 Å². The minimum atomic E-state index is -0.118. The molecule has 4 heterocycles. The first-order valence-corrected chi connectivity index (χ1v) is 11.0. The second kappa shape index (κ2) is 7.96. The Morgan fingerprint density at radius 1 is 1.16 bits per heavy atom. The van der Waals surface area contributed by atoms with Crippen molar-refractivity contribution in [1.82, 2.24) is 25.0 Å². The van der Waals surface area contributed by atoms with Crippen LogP contribution in [-0.4, -0.2) is 58.4 Å². The lowest BCUT2D eigenvalue weighted by Gasteiger charge is -2.19. The van der Waals surface area contributed by atoms with Gasteiger partial charge in [-0.3, -0.25) is 9.48 Å². The van der Waals surface area contributed by atoms with Gasteiger partial charge in [0.2, 0.25) is 11.8 Å². The minimum Gasteiger partial charge on any atom is -0.474 e. The summed E-state index contributed by atoms with van der Waals surface area (Å²) >= 11 is 0. The Hall–Kier alpha value is -2.93. The summed E-state index contributed by atoms with van der Waals surface area (Å²) in [5.41, 5.74) is 5.65. The highest BCUT2D eigenvalue weighted by atomic mass is 16.5. The van der Waals surface area contributed by atoms with Crippen molar-refractivity contribution in [2.45, 2.75) is 32.3 Å². The summed E-state index contributed by atoms with van der Waals surface area (Å²) in [4.78, 5) is 18.9. The van der Waals surface area contributed by atoms with E-state index in [0.717, 1.165) is 48.1 Å². The Labute approximate surface area is 182 Å². The third-order valence-electron chi connectivity index (χ3n) is 6.58.